The van der Waals surface area contributed by atoms with E-state index >= 15 is 0 Å². The van der Waals surface area contributed by atoms with Crippen molar-refractivity contribution in [1.29, 1.82) is 0 Å². The van der Waals surface area contributed by atoms with Gasteiger partial charge in [0.1, 0.15) is 0 Å². The molecular formula is C18H26N2O2. The average molecular weight is 302 g/mol. The van der Waals surface area contributed by atoms with Gasteiger partial charge >= 0.3 is 0 Å². The summed E-state index contributed by atoms with van der Waals surface area (Å²) in [5.41, 5.74) is 2.56. The first kappa shape index (κ1) is 15.5. The highest BCUT2D eigenvalue weighted by Crippen LogP contribution is 2.28. The molecule has 1 N–H and O–H groups in total. The Bertz CT molecular complexity index is 490. The summed E-state index contributed by atoms with van der Waals surface area (Å²) in [6.45, 7) is 4.94. The largest absolute Gasteiger partial charge is 0.376 e. The second-order valence-electron chi connectivity index (χ2n) is 6.56. The molecule has 2 aliphatic rings. The summed E-state index contributed by atoms with van der Waals surface area (Å²) in [6.07, 6.45) is 4.82. The van der Waals surface area contributed by atoms with Crippen LogP contribution in [0.4, 0.5) is 0 Å². The standard InChI is InChI=1S/C18H26N2O2/c1-14-4-6-15(7-5-14)12-20(16-8-9-16)13-18(21)19-11-17-3-2-10-22-17/h4-7,16-17H,2-3,8-13H2,1H3,(H,19,21)/t17-/m1/s1. The highest BCUT2D eigenvalue weighted by Gasteiger charge is 2.30. The van der Waals surface area contributed by atoms with Crippen LogP contribution >= 0.6 is 0 Å². The van der Waals surface area contributed by atoms with Crippen molar-refractivity contribution >= 4 is 5.91 Å². The van der Waals surface area contributed by atoms with Crippen LogP contribution in [0, 0.1) is 6.92 Å². The molecule has 1 aromatic carbocycles. The maximum absolute atomic E-state index is 12.2. The molecule has 1 aromatic rings. The average Bonchev–Trinajstić information content (AvgIpc) is 3.23. The Morgan fingerprint density at radius 1 is 1.27 bits per heavy atom. The van der Waals surface area contributed by atoms with Crippen LogP contribution in [-0.2, 0) is 16.1 Å². The third-order valence-electron chi connectivity index (χ3n) is 4.47. The molecule has 4 nitrogen and oxygen atoms in total. The number of carbonyl (C=O) groups is 1. The Kier molecular flexibility index (Phi) is 5.11. The van der Waals surface area contributed by atoms with E-state index in [9.17, 15) is 4.79 Å². The van der Waals surface area contributed by atoms with Crippen LogP contribution in [0.2, 0.25) is 0 Å². The van der Waals surface area contributed by atoms with E-state index in [0.717, 1.165) is 26.0 Å². The van der Waals surface area contributed by atoms with Gasteiger partial charge in [0.05, 0.1) is 12.6 Å². The fourth-order valence-corrected chi connectivity index (χ4v) is 2.96. The molecule has 0 radical (unpaired) electrons. The number of carbonyl (C=O) groups excluding carboxylic acids is 1. The summed E-state index contributed by atoms with van der Waals surface area (Å²) in [7, 11) is 0. The van der Waals surface area contributed by atoms with E-state index in [2.05, 4.69) is 41.4 Å². The lowest BCUT2D eigenvalue weighted by molar-refractivity contribution is -0.123. The van der Waals surface area contributed by atoms with Gasteiger partial charge in [-0.1, -0.05) is 29.8 Å². The van der Waals surface area contributed by atoms with Gasteiger partial charge in [-0.25, -0.2) is 0 Å². The summed E-state index contributed by atoms with van der Waals surface area (Å²) in [6, 6.07) is 9.18. The maximum Gasteiger partial charge on any atom is 0.234 e. The van der Waals surface area contributed by atoms with E-state index in [1.54, 1.807) is 0 Å². The number of ether oxygens (including phenoxy) is 1. The van der Waals surface area contributed by atoms with Gasteiger partial charge in [0.25, 0.3) is 0 Å². The monoisotopic (exact) mass is 302 g/mol. The minimum absolute atomic E-state index is 0.120. The predicted molar refractivity (Wildman–Crippen MR) is 86.6 cm³/mol. The van der Waals surface area contributed by atoms with Crippen LogP contribution in [0.1, 0.15) is 36.8 Å². The summed E-state index contributed by atoms with van der Waals surface area (Å²) >= 11 is 0. The van der Waals surface area contributed by atoms with E-state index in [0.29, 0.717) is 19.1 Å². The lowest BCUT2D eigenvalue weighted by Crippen LogP contribution is -2.40. The van der Waals surface area contributed by atoms with Crippen molar-refractivity contribution in [2.24, 2.45) is 0 Å². The van der Waals surface area contributed by atoms with E-state index in [1.807, 2.05) is 0 Å². The highest BCUT2D eigenvalue weighted by atomic mass is 16.5. The molecule has 1 saturated heterocycles. The zero-order valence-electron chi connectivity index (χ0n) is 13.4. The molecule has 120 valence electrons. The van der Waals surface area contributed by atoms with Gasteiger partial charge in [0.2, 0.25) is 5.91 Å². The second-order valence-corrected chi connectivity index (χ2v) is 6.56. The van der Waals surface area contributed by atoms with Crippen molar-refractivity contribution in [1.82, 2.24) is 10.2 Å². The van der Waals surface area contributed by atoms with Crippen molar-refractivity contribution in [3.05, 3.63) is 35.4 Å². The third-order valence-corrected chi connectivity index (χ3v) is 4.47. The number of benzene rings is 1. The summed E-state index contributed by atoms with van der Waals surface area (Å²) in [5, 5.41) is 3.03. The minimum atomic E-state index is 0.120. The summed E-state index contributed by atoms with van der Waals surface area (Å²) in [4.78, 5) is 14.5. The van der Waals surface area contributed by atoms with Gasteiger partial charge in [-0.3, -0.25) is 9.69 Å². The van der Waals surface area contributed by atoms with Gasteiger partial charge in [-0.05, 0) is 38.2 Å². The van der Waals surface area contributed by atoms with Crippen LogP contribution < -0.4 is 5.32 Å². The smallest absolute Gasteiger partial charge is 0.234 e. The van der Waals surface area contributed by atoms with Crippen LogP contribution in [0.5, 0.6) is 0 Å². The molecule has 3 rings (SSSR count). The number of amides is 1. The first-order valence-corrected chi connectivity index (χ1v) is 8.38. The molecule has 0 aromatic heterocycles. The minimum Gasteiger partial charge on any atom is -0.376 e. The van der Waals surface area contributed by atoms with Crippen molar-refractivity contribution in [2.45, 2.75) is 51.3 Å². The molecule has 22 heavy (non-hydrogen) atoms. The Balaban J connectivity index is 1.48. The normalized spacial score (nSPS) is 21.3. The Labute approximate surface area is 132 Å². The quantitative estimate of drug-likeness (QED) is 0.840. The number of rotatable bonds is 7. The van der Waals surface area contributed by atoms with Crippen molar-refractivity contribution in [3.8, 4) is 0 Å². The van der Waals surface area contributed by atoms with E-state index in [-0.39, 0.29) is 12.0 Å². The Hall–Kier alpha value is -1.39. The molecule has 1 heterocycles. The van der Waals surface area contributed by atoms with E-state index in [1.165, 1.54) is 24.0 Å². The molecule has 0 bridgehead atoms. The third kappa shape index (κ3) is 4.55. The van der Waals surface area contributed by atoms with E-state index < -0.39 is 0 Å². The number of aryl methyl sites for hydroxylation is 1. The fourth-order valence-electron chi connectivity index (χ4n) is 2.96. The Morgan fingerprint density at radius 3 is 2.68 bits per heavy atom. The second kappa shape index (κ2) is 7.25. The first-order valence-electron chi connectivity index (χ1n) is 8.38. The molecule has 4 heteroatoms. The van der Waals surface area contributed by atoms with Crippen LogP contribution in [0.3, 0.4) is 0 Å². The predicted octanol–water partition coefficient (Wildman–Crippen LogP) is 2.25. The number of nitrogens with one attached hydrogen (secondary N) is 1. The molecular weight excluding hydrogens is 276 g/mol. The van der Waals surface area contributed by atoms with E-state index in [4.69, 9.17) is 4.74 Å². The fraction of sp³-hybridized carbons (Fsp3) is 0.611. The molecule has 1 aliphatic carbocycles. The molecule has 0 unspecified atom stereocenters. The van der Waals surface area contributed by atoms with Gasteiger partial charge in [0.15, 0.2) is 0 Å². The Morgan fingerprint density at radius 2 is 2.05 bits per heavy atom. The lowest BCUT2D eigenvalue weighted by Gasteiger charge is -2.22. The number of nitrogens with zero attached hydrogens (tertiary/aromatic N) is 1. The van der Waals surface area contributed by atoms with Gasteiger partial charge in [0, 0.05) is 25.7 Å². The van der Waals surface area contributed by atoms with Crippen LogP contribution in [-0.4, -0.2) is 42.6 Å². The van der Waals surface area contributed by atoms with Crippen molar-refractivity contribution in [3.63, 3.8) is 0 Å². The topological polar surface area (TPSA) is 41.6 Å². The zero-order valence-corrected chi connectivity index (χ0v) is 13.4. The summed E-state index contributed by atoms with van der Waals surface area (Å²) < 4.78 is 5.55. The zero-order chi connectivity index (χ0) is 15.4. The van der Waals surface area contributed by atoms with Crippen LogP contribution in [0.15, 0.2) is 24.3 Å². The SMILES string of the molecule is Cc1ccc(CN(CC(=O)NC[C@H]2CCCO2)C2CC2)cc1. The first-order chi connectivity index (χ1) is 10.7. The molecule has 1 atom stereocenters. The van der Waals surface area contributed by atoms with Gasteiger partial charge < -0.3 is 10.1 Å². The number of hydrogen-bond donors (Lipinski definition) is 1. The van der Waals surface area contributed by atoms with Gasteiger partial charge in [-0.2, -0.15) is 0 Å². The van der Waals surface area contributed by atoms with Crippen molar-refractivity contribution < 1.29 is 9.53 Å². The highest BCUT2D eigenvalue weighted by molar-refractivity contribution is 5.78. The number of hydrogen-bond acceptors (Lipinski definition) is 3. The van der Waals surface area contributed by atoms with Crippen molar-refractivity contribution in [2.75, 3.05) is 19.7 Å². The molecule has 2 fully saturated rings. The van der Waals surface area contributed by atoms with Gasteiger partial charge in [-0.15, -0.1) is 0 Å². The van der Waals surface area contributed by atoms with Crippen LogP contribution in [0.25, 0.3) is 0 Å². The molecule has 1 amide bonds. The lowest BCUT2D eigenvalue weighted by atomic mass is 10.1. The summed E-state index contributed by atoms with van der Waals surface area (Å²) in [5.74, 6) is 0.120. The maximum atomic E-state index is 12.2. The molecule has 0 spiro atoms. The molecule has 1 aliphatic heterocycles. The molecule has 1 saturated carbocycles.